The van der Waals surface area contributed by atoms with Crippen LogP contribution in [0.4, 0.5) is 0 Å². The molecule has 0 N–H and O–H groups in total. The third-order valence-electron chi connectivity index (χ3n) is 5.25. The Balaban J connectivity index is 2.01. The summed E-state index contributed by atoms with van der Waals surface area (Å²) < 4.78 is 37.9. The van der Waals surface area contributed by atoms with Gasteiger partial charge in [-0.15, -0.1) is 0 Å². The molecule has 1 aliphatic heterocycles. The van der Waals surface area contributed by atoms with Gasteiger partial charge >= 0.3 is 29.8 Å². The highest BCUT2D eigenvalue weighted by Crippen LogP contribution is 2.30. The maximum atomic E-state index is 12.0. The molecule has 1 fully saturated rings. The van der Waals surface area contributed by atoms with Gasteiger partial charge in [0.25, 0.3) is 0 Å². The molecule has 12 heteroatoms. The van der Waals surface area contributed by atoms with Crippen LogP contribution < -0.4 is 0 Å². The summed E-state index contributed by atoms with van der Waals surface area (Å²) in [7, 11) is 0. The first-order valence-electron chi connectivity index (χ1n) is 12.2. The van der Waals surface area contributed by atoms with E-state index in [1.54, 1.807) is 0 Å². The molecule has 1 aliphatic rings. The Labute approximate surface area is 220 Å². The number of carbonyl (C=O) groups excluding carboxylic acids is 5. The molecule has 1 aromatic carbocycles. The molecule has 0 bridgehead atoms. The lowest BCUT2D eigenvalue weighted by Gasteiger charge is -2.44. The molecular weight excluding hydrogens is 504 g/mol. The number of rotatable bonds is 13. The molecule has 1 unspecified atom stereocenters. The van der Waals surface area contributed by atoms with Crippen LogP contribution >= 0.6 is 0 Å². The summed E-state index contributed by atoms with van der Waals surface area (Å²) in [6.07, 6.45) is -5.14. The van der Waals surface area contributed by atoms with Crippen molar-refractivity contribution in [3.8, 4) is 0 Å². The molecule has 0 aromatic heterocycles. The molecule has 0 spiro atoms. The van der Waals surface area contributed by atoms with Gasteiger partial charge in [0.05, 0.1) is 0 Å². The zero-order valence-electron chi connectivity index (χ0n) is 21.9. The topological polar surface area (TPSA) is 150 Å². The average molecular weight is 539 g/mol. The average Bonchev–Trinajstić information content (AvgIpc) is 2.84. The van der Waals surface area contributed by atoms with Gasteiger partial charge in [-0.1, -0.05) is 30.3 Å². The Hall–Kier alpha value is -3.51. The molecule has 0 radical (unpaired) electrons. The standard InChI is InChI=1S/C26H34O12/c1-16(27)33-15-21-23(35-17(2)28)24(36-18(3)29)25(37-19(4)30)26(38-21)32-13-9-8-12-22(31)34-14-20-10-6-5-7-11-20/h5-7,10-11,21,23-26H,8-9,12-15H2,1-4H3/t21-,23-,24+,25-,26?/m1/s1. The fourth-order valence-electron chi connectivity index (χ4n) is 3.70. The summed E-state index contributed by atoms with van der Waals surface area (Å²) in [4.78, 5) is 58.8. The number of hydrogen-bond acceptors (Lipinski definition) is 12. The summed E-state index contributed by atoms with van der Waals surface area (Å²) >= 11 is 0. The lowest BCUT2D eigenvalue weighted by Crippen LogP contribution is -2.63. The third kappa shape index (κ3) is 10.9. The predicted molar refractivity (Wildman–Crippen MR) is 128 cm³/mol. The summed E-state index contributed by atoms with van der Waals surface area (Å²) in [6, 6.07) is 9.29. The highest BCUT2D eigenvalue weighted by atomic mass is 16.7. The molecule has 0 amide bonds. The molecule has 210 valence electrons. The number of carbonyl (C=O) groups is 5. The van der Waals surface area contributed by atoms with Gasteiger partial charge in [0.15, 0.2) is 24.6 Å². The van der Waals surface area contributed by atoms with E-state index in [-0.39, 0.29) is 32.2 Å². The minimum atomic E-state index is -1.30. The maximum absolute atomic E-state index is 12.0. The van der Waals surface area contributed by atoms with Crippen LogP contribution in [0.3, 0.4) is 0 Å². The Bertz CT molecular complexity index is 947. The van der Waals surface area contributed by atoms with Gasteiger partial charge in [-0.25, -0.2) is 0 Å². The zero-order valence-corrected chi connectivity index (χ0v) is 21.9. The summed E-state index contributed by atoms with van der Waals surface area (Å²) in [5, 5.41) is 0. The Morgan fingerprint density at radius 1 is 0.737 bits per heavy atom. The first-order chi connectivity index (χ1) is 18.1. The predicted octanol–water partition coefficient (Wildman–Crippen LogP) is 2.00. The van der Waals surface area contributed by atoms with Crippen LogP contribution in [0.15, 0.2) is 30.3 Å². The number of unbranched alkanes of at least 4 members (excludes halogenated alkanes) is 1. The van der Waals surface area contributed by atoms with Gasteiger partial charge < -0.3 is 33.2 Å². The second-order valence-corrected chi connectivity index (χ2v) is 8.54. The number of hydrogen-bond donors (Lipinski definition) is 0. The van der Waals surface area contributed by atoms with E-state index in [2.05, 4.69) is 0 Å². The molecule has 2 rings (SSSR count). The van der Waals surface area contributed by atoms with Crippen LogP contribution in [0.1, 0.15) is 52.5 Å². The highest BCUT2D eigenvalue weighted by Gasteiger charge is 2.52. The summed E-state index contributed by atoms with van der Waals surface area (Å²) in [5.74, 6) is -3.14. The van der Waals surface area contributed by atoms with Crippen LogP contribution in [0.25, 0.3) is 0 Å². The highest BCUT2D eigenvalue weighted by molar-refractivity contribution is 5.69. The molecule has 0 aliphatic carbocycles. The van der Waals surface area contributed by atoms with E-state index < -0.39 is 54.6 Å². The van der Waals surface area contributed by atoms with Crippen molar-refractivity contribution in [2.24, 2.45) is 0 Å². The van der Waals surface area contributed by atoms with Crippen LogP contribution in [0.2, 0.25) is 0 Å². The van der Waals surface area contributed by atoms with Crippen molar-refractivity contribution < 1.29 is 57.1 Å². The van der Waals surface area contributed by atoms with Crippen LogP contribution in [-0.4, -0.2) is 73.8 Å². The fourth-order valence-corrected chi connectivity index (χ4v) is 3.70. The maximum Gasteiger partial charge on any atom is 0.306 e. The normalized spacial score (nSPS) is 22.6. The number of benzene rings is 1. The Kier molecular flexibility index (Phi) is 12.7. The molecule has 1 heterocycles. The van der Waals surface area contributed by atoms with Crippen molar-refractivity contribution in [3.05, 3.63) is 35.9 Å². The molecule has 5 atom stereocenters. The number of ether oxygens (including phenoxy) is 7. The van der Waals surface area contributed by atoms with Gasteiger partial charge in [0.1, 0.15) is 19.3 Å². The molecule has 38 heavy (non-hydrogen) atoms. The second-order valence-electron chi connectivity index (χ2n) is 8.54. The van der Waals surface area contributed by atoms with E-state index in [4.69, 9.17) is 33.2 Å². The van der Waals surface area contributed by atoms with Gasteiger partial charge in [0, 0.05) is 40.7 Å². The van der Waals surface area contributed by atoms with Crippen molar-refractivity contribution in [2.45, 2.75) is 84.3 Å². The molecule has 1 saturated heterocycles. The van der Waals surface area contributed by atoms with Crippen molar-refractivity contribution in [1.29, 1.82) is 0 Å². The van der Waals surface area contributed by atoms with Gasteiger partial charge in [-0.05, 0) is 18.4 Å². The van der Waals surface area contributed by atoms with Crippen LogP contribution in [0.5, 0.6) is 0 Å². The summed E-state index contributed by atoms with van der Waals surface area (Å²) in [6.45, 7) is 4.54. The van der Waals surface area contributed by atoms with E-state index >= 15 is 0 Å². The minimum Gasteiger partial charge on any atom is -0.463 e. The van der Waals surface area contributed by atoms with Gasteiger partial charge in [-0.2, -0.15) is 0 Å². The lowest BCUT2D eigenvalue weighted by atomic mass is 9.98. The van der Waals surface area contributed by atoms with Crippen molar-refractivity contribution in [1.82, 2.24) is 0 Å². The Morgan fingerprint density at radius 2 is 1.34 bits per heavy atom. The van der Waals surface area contributed by atoms with Crippen LogP contribution in [-0.2, 0) is 63.7 Å². The monoisotopic (exact) mass is 538 g/mol. The largest absolute Gasteiger partial charge is 0.463 e. The van der Waals surface area contributed by atoms with Gasteiger partial charge in [0.2, 0.25) is 0 Å². The fraction of sp³-hybridized carbons (Fsp3) is 0.577. The first-order valence-corrected chi connectivity index (χ1v) is 12.2. The SMILES string of the molecule is CC(=O)OC[C@H]1OC(OCCCCC(=O)OCc2ccccc2)[C@H](OC(C)=O)[C@@H](OC(C)=O)[C@@H]1OC(C)=O. The smallest absolute Gasteiger partial charge is 0.306 e. The third-order valence-corrected chi connectivity index (χ3v) is 5.25. The molecule has 12 nitrogen and oxygen atoms in total. The molecule has 0 saturated carbocycles. The molecular formula is C26H34O12. The van der Waals surface area contributed by atoms with E-state index in [0.717, 1.165) is 26.3 Å². The molecule has 1 aromatic rings. The van der Waals surface area contributed by atoms with E-state index in [1.807, 2.05) is 30.3 Å². The zero-order chi connectivity index (χ0) is 28.1. The quantitative estimate of drug-likeness (QED) is 0.205. The van der Waals surface area contributed by atoms with E-state index in [9.17, 15) is 24.0 Å². The van der Waals surface area contributed by atoms with Gasteiger partial charge in [-0.3, -0.25) is 24.0 Å². The first kappa shape index (κ1) is 30.7. The van der Waals surface area contributed by atoms with Crippen molar-refractivity contribution >= 4 is 29.8 Å². The van der Waals surface area contributed by atoms with E-state index in [0.29, 0.717) is 12.8 Å². The second kappa shape index (κ2) is 15.7. The van der Waals surface area contributed by atoms with Crippen molar-refractivity contribution in [3.63, 3.8) is 0 Å². The lowest BCUT2D eigenvalue weighted by molar-refractivity contribution is -0.308. The summed E-state index contributed by atoms with van der Waals surface area (Å²) in [5.41, 5.74) is 0.882. The van der Waals surface area contributed by atoms with E-state index in [1.165, 1.54) is 6.92 Å². The minimum absolute atomic E-state index is 0.0830. The van der Waals surface area contributed by atoms with Crippen molar-refractivity contribution in [2.75, 3.05) is 13.2 Å². The number of esters is 5. The Morgan fingerprint density at radius 3 is 1.95 bits per heavy atom. The van der Waals surface area contributed by atoms with Crippen LogP contribution in [0, 0.1) is 0 Å².